The summed E-state index contributed by atoms with van der Waals surface area (Å²) in [5.41, 5.74) is 7.74. The Kier molecular flexibility index (Phi) is 2.95. The molecule has 2 aromatic carbocycles. The number of imidazole rings is 1. The highest BCUT2D eigenvalue weighted by Crippen LogP contribution is 2.36. The van der Waals surface area contributed by atoms with Crippen LogP contribution >= 0.6 is 0 Å². The van der Waals surface area contributed by atoms with Crippen molar-refractivity contribution in [2.24, 2.45) is 0 Å². The summed E-state index contributed by atoms with van der Waals surface area (Å²) in [6.07, 6.45) is 3.76. The van der Waals surface area contributed by atoms with E-state index in [9.17, 15) is 0 Å². The van der Waals surface area contributed by atoms with E-state index in [1.54, 1.807) is 0 Å². The molecule has 134 valence electrons. The Morgan fingerprint density at radius 3 is 2.64 bits per heavy atom. The summed E-state index contributed by atoms with van der Waals surface area (Å²) in [6.45, 7) is 4.17. The predicted octanol–water partition coefficient (Wildman–Crippen LogP) is 5.46. The standard InChI is InChI=1S/C23H16N4O/c1-13-10-19(24-11-14(13)2)16-7-5-6-15-17-12-25-23-26-18-8-3-4-9-20(18)27(23)22(17)28-21(15)16/h3-12H,1-2H3. The van der Waals surface area contributed by atoms with Gasteiger partial charge in [-0.05, 0) is 49.2 Å². The van der Waals surface area contributed by atoms with Crippen molar-refractivity contribution in [3.05, 3.63) is 72.1 Å². The third-order valence-electron chi connectivity index (χ3n) is 5.44. The van der Waals surface area contributed by atoms with Gasteiger partial charge in [-0.15, -0.1) is 0 Å². The minimum Gasteiger partial charge on any atom is -0.438 e. The van der Waals surface area contributed by atoms with E-state index in [1.807, 2.05) is 47.1 Å². The van der Waals surface area contributed by atoms with Gasteiger partial charge >= 0.3 is 0 Å². The Balaban J connectivity index is 1.75. The molecule has 4 aromatic heterocycles. The predicted molar refractivity (Wildman–Crippen MR) is 110 cm³/mol. The van der Waals surface area contributed by atoms with Gasteiger partial charge in [-0.1, -0.05) is 24.3 Å². The minimum absolute atomic E-state index is 0.638. The summed E-state index contributed by atoms with van der Waals surface area (Å²) in [7, 11) is 0. The smallest absolute Gasteiger partial charge is 0.237 e. The SMILES string of the molecule is Cc1cnc(-c2cccc3c2oc2c3cnc3nc4ccccc4n32)cc1C. The maximum atomic E-state index is 6.43. The summed E-state index contributed by atoms with van der Waals surface area (Å²) in [5, 5.41) is 2.00. The molecule has 0 aliphatic carbocycles. The third kappa shape index (κ3) is 1.98. The van der Waals surface area contributed by atoms with Crippen molar-refractivity contribution in [1.82, 2.24) is 19.4 Å². The van der Waals surface area contributed by atoms with Crippen molar-refractivity contribution in [3.8, 4) is 11.3 Å². The van der Waals surface area contributed by atoms with Gasteiger partial charge in [0.1, 0.15) is 5.58 Å². The van der Waals surface area contributed by atoms with Crippen molar-refractivity contribution < 1.29 is 4.42 Å². The van der Waals surface area contributed by atoms with E-state index >= 15 is 0 Å². The Hall–Kier alpha value is -3.73. The van der Waals surface area contributed by atoms with E-state index in [0.29, 0.717) is 5.78 Å². The van der Waals surface area contributed by atoms with E-state index in [0.717, 1.165) is 44.4 Å². The second-order valence-electron chi connectivity index (χ2n) is 7.15. The van der Waals surface area contributed by atoms with Crippen LogP contribution in [0, 0.1) is 13.8 Å². The van der Waals surface area contributed by atoms with Gasteiger partial charge in [0.2, 0.25) is 11.5 Å². The molecule has 0 aliphatic heterocycles. The van der Waals surface area contributed by atoms with Crippen LogP contribution < -0.4 is 0 Å². The van der Waals surface area contributed by atoms with Crippen molar-refractivity contribution in [3.63, 3.8) is 0 Å². The molecule has 6 rings (SSSR count). The quantitative estimate of drug-likeness (QED) is 0.389. The number of rotatable bonds is 1. The van der Waals surface area contributed by atoms with Crippen molar-refractivity contribution in [2.75, 3.05) is 0 Å². The van der Waals surface area contributed by atoms with Crippen molar-refractivity contribution >= 4 is 38.9 Å². The summed E-state index contributed by atoms with van der Waals surface area (Å²) < 4.78 is 8.42. The van der Waals surface area contributed by atoms with Crippen LogP contribution in [0.25, 0.3) is 50.1 Å². The summed E-state index contributed by atoms with van der Waals surface area (Å²) in [4.78, 5) is 13.8. The molecule has 0 spiro atoms. The van der Waals surface area contributed by atoms with Crippen LogP contribution in [0.3, 0.4) is 0 Å². The number of pyridine rings is 1. The normalized spacial score (nSPS) is 11.9. The fraction of sp³-hybridized carbons (Fsp3) is 0.0870. The highest BCUT2D eigenvalue weighted by Gasteiger charge is 2.17. The molecule has 0 radical (unpaired) electrons. The first kappa shape index (κ1) is 15.3. The number of hydrogen-bond acceptors (Lipinski definition) is 4. The van der Waals surface area contributed by atoms with Gasteiger partial charge in [0, 0.05) is 23.3 Å². The maximum absolute atomic E-state index is 6.43. The fourth-order valence-electron chi connectivity index (χ4n) is 3.81. The zero-order valence-corrected chi connectivity index (χ0v) is 15.5. The van der Waals surface area contributed by atoms with Gasteiger partial charge in [-0.2, -0.15) is 0 Å². The summed E-state index contributed by atoms with van der Waals surface area (Å²) >= 11 is 0. The summed E-state index contributed by atoms with van der Waals surface area (Å²) in [5.74, 6) is 0.638. The van der Waals surface area contributed by atoms with Crippen LogP contribution in [-0.4, -0.2) is 19.4 Å². The Bertz CT molecular complexity index is 1540. The molecular weight excluding hydrogens is 348 g/mol. The van der Waals surface area contributed by atoms with Crippen LogP contribution in [0.5, 0.6) is 0 Å². The van der Waals surface area contributed by atoms with Crippen LogP contribution in [0.15, 0.2) is 65.3 Å². The number of nitrogens with zero attached hydrogens (tertiary/aromatic N) is 4. The van der Waals surface area contributed by atoms with Gasteiger partial charge in [0.15, 0.2) is 0 Å². The average molecular weight is 364 g/mol. The average Bonchev–Trinajstić information content (AvgIpc) is 3.27. The third-order valence-corrected chi connectivity index (χ3v) is 5.44. The van der Waals surface area contributed by atoms with E-state index in [2.05, 4.69) is 47.0 Å². The minimum atomic E-state index is 0.638. The van der Waals surface area contributed by atoms with Crippen LogP contribution in [0.1, 0.15) is 11.1 Å². The lowest BCUT2D eigenvalue weighted by Gasteiger charge is -2.05. The van der Waals surface area contributed by atoms with Gasteiger partial charge in [0.25, 0.3) is 0 Å². The second-order valence-corrected chi connectivity index (χ2v) is 7.15. The summed E-state index contributed by atoms with van der Waals surface area (Å²) in [6, 6.07) is 16.3. The molecule has 0 bridgehead atoms. The monoisotopic (exact) mass is 364 g/mol. The molecule has 0 saturated heterocycles. The molecule has 0 atom stereocenters. The fourth-order valence-corrected chi connectivity index (χ4v) is 3.81. The van der Waals surface area contributed by atoms with E-state index in [-0.39, 0.29) is 0 Å². The topological polar surface area (TPSA) is 56.2 Å². The molecule has 0 fully saturated rings. The molecule has 5 nitrogen and oxygen atoms in total. The molecule has 0 saturated carbocycles. The molecule has 0 amide bonds. The molecular formula is C23H16N4O. The van der Waals surface area contributed by atoms with Gasteiger partial charge in [-0.3, -0.25) is 4.98 Å². The number of hydrogen-bond donors (Lipinski definition) is 0. The zero-order valence-electron chi connectivity index (χ0n) is 15.5. The number of fused-ring (bicyclic) bond motifs is 7. The Morgan fingerprint density at radius 1 is 0.857 bits per heavy atom. The number of aromatic nitrogens is 4. The highest BCUT2D eigenvalue weighted by atomic mass is 16.3. The number of benzene rings is 2. The number of furan rings is 1. The zero-order chi connectivity index (χ0) is 18.8. The first-order valence-electron chi connectivity index (χ1n) is 9.22. The molecule has 0 aliphatic rings. The van der Waals surface area contributed by atoms with Crippen LogP contribution in [-0.2, 0) is 0 Å². The number of para-hydroxylation sites is 3. The first-order chi connectivity index (χ1) is 13.7. The van der Waals surface area contributed by atoms with Gasteiger partial charge in [0.05, 0.1) is 22.1 Å². The lowest BCUT2D eigenvalue weighted by Crippen LogP contribution is -1.88. The molecule has 0 unspecified atom stereocenters. The van der Waals surface area contributed by atoms with E-state index in [1.165, 1.54) is 11.1 Å². The molecule has 0 N–H and O–H groups in total. The van der Waals surface area contributed by atoms with Gasteiger partial charge in [-0.25, -0.2) is 14.4 Å². The molecule has 28 heavy (non-hydrogen) atoms. The van der Waals surface area contributed by atoms with Crippen molar-refractivity contribution in [1.29, 1.82) is 0 Å². The molecule has 5 heteroatoms. The highest BCUT2D eigenvalue weighted by molar-refractivity contribution is 6.09. The molecule has 4 heterocycles. The van der Waals surface area contributed by atoms with Crippen LogP contribution in [0.2, 0.25) is 0 Å². The number of aryl methyl sites for hydroxylation is 2. The lowest BCUT2D eigenvalue weighted by molar-refractivity contribution is 0.649. The van der Waals surface area contributed by atoms with Crippen molar-refractivity contribution in [2.45, 2.75) is 13.8 Å². The first-order valence-corrected chi connectivity index (χ1v) is 9.22. The van der Waals surface area contributed by atoms with E-state index < -0.39 is 0 Å². The van der Waals surface area contributed by atoms with Gasteiger partial charge < -0.3 is 4.42 Å². The molecule has 6 aromatic rings. The van der Waals surface area contributed by atoms with Crippen LogP contribution in [0.4, 0.5) is 0 Å². The van der Waals surface area contributed by atoms with E-state index in [4.69, 9.17) is 4.42 Å². The Morgan fingerprint density at radius 2 is 1.75 bits per heavy atom. The maximum Gasteiger partial charge on any atom is 0.237 e. The second kappa shape index (κ2) is 5.39. The Labute approximate surface area is 160 Å². The lowest BCUT2D eigenvalue weighted by atomic mass is 10.0. The largest absolute Gasteiger partial charge is 0.438 e.